The number of hydrogen-bond donors (Lipinski definition) is 0. The number of carbonyl (C=O) groups excluding carboxylic acids is 1. The Balaban J connectivity index is 1.97. The largest absolute Gasteiger partial charge is 0.468 e. The van der Waals surface area contributed by atoms with E-state index in [4.69, 9.17) is 16.3 Å². The monoisotopic (exact) mass is 369 g/mol. The van der Waals surface area contributed by atoms with E-state index in [0.29, 0.717) is 24.4 Å². The van der Waals surface area contributed by atoms with Gasteiger partial charge in [-0.05, 0) is 36.1 Å². The fraction of sp³-hybridized carbons (Fsp3) is 0.250. The number of esters is 1. The van der Waals surface area contributed by atoms with Gasteiger partial charge in [0.2, 0.25) is 0 Å². The Kier molecular flexibility index (Phi) is 5.68. The van der Waals surface area contributed by atoms with E-state index in [1.165, 1.54) is 13.4 Å². The molecule has 0 fully saturated rings. The topological polar surface area (TPSA) is 57.0 Å². The molecule has 26 heavy (non-hydrogen) atoms. The molecular formula is C20H20ClN3O2. The minimum Gasteiger partial charge on any atom is -0.468 e. The van der Waals surface area contributed by atoms with Gasteiger partial charge in [0.05, 0.1) is 13.7 Å². The highest BCUT2D eigenvalue weighted by molar-refractivity contribution is 6.30. The van der Waals surface area contributed by atoms with Crippen LogP contribution < -0.4 is 0 Å². The van der Waals surface area contributed by atoms with E-state index >= 15 is 0 Å². The highest BCUT2D eigenvalue weighted by Crippen LogP contribution is 2.33. The molecule has 5 nitrogen and oxygen atoms in total. The second-order valence-corrected chi connectivity index (χ2v) is 6.60. The molecule has 0 amide bonds. The summed E-state index contributed by atoms with van der Waals surface area (Å²) in [6.45, 7) is 0.358. The molecule has 0 radical (unpaired) electrons. The van der Waals surface area contributed by atoms with E-state index in [1.54, 1.807) is 11.0 Å². The number of benzene rings is 2. The quantitative estimate of drug-likeness (QED) is 0.596. The summed E-state index contributed by atoms with van der Waals surface area (Å²) in [5.74, 6) is -0.284. The average molecular weight is 370 g/mol. The average Bonchev–Trinajstić information content (AvgIpc) is 3.19. The van der Waals surface area contributed by atoms with E-state index in [2.05, 4.69) is 10.1 Å². The molecule has 0 saturated carbocycles. The summed E-state index contributed by atoms with van der Waals surface area (Å²) in [6, 6.07) is 17.4. The van der Waals surface area contributed by atoms with Gasteiger partial charge < -0.3 is 4.74 Å². The number of hydrogen-bond acceptors (Lipinski definition) is 4. The number of aryl methyl sites for hydroxylation is 1. The van der Waals surface area contributed by atoms with Gasteiger partial charge >= 0.3 is 5.97 Å². The summed E-state index contributed by atoms with van der Waals surface area (Å²) >= 11 is 5.97. The zero-order valence-electron chi connectivity index (χ0n) is 14.5. The molecule has 3 rings (SSSR count). The molecule has 6 heteroatoms. The second-order valence-electron chi connectivity index (χ2n) is 6.16. The van der Waals surface area contributed by atoms with Crippen LogP contribution in [0.4, 0.5) is 0 Å². The van der Waals surface area contributed by atoms with Crippen molar-refractivity contribution in [3.05, 3.63) is 83.4 Å². The lowest BCUT2D eigenvalue weighted by atomic mass is 9.75. The Labute approximate surface area is 157 Å². The van der Waals surface area contributed by atoms with Crippen molar-refractivity contribution in [2.24, 2.45) is 0 Å². The Morgan fingerprint density at radius 1 is 1.15 bits per heavy atom. The van der Waals surface area contributed by atoms with Gasteiger partial charge in [-0.2, -0.15) is 5.10 Å². The Morgan fingerprint density at radius 3 is 2.50 bits per heavy atom. The maximum atomic E-state index is 12.9. The lowest BCUT2D eigenvalue weighted by molar-refractivity contribution is -0.148. The van der Waals surface area contributed by atoms with Gasteiger partial charge in [-0.3, -0.25) is 9.48 Å². The number of halogens is 1. The van der Waals surface area contributed by atoms with Gasteiger partial charge in [0, 0.05) is 5.02 Å². The first kappa shape index (κ1) is 18.1. The van der Waals surface area contributed by atoms with Crippen LogP contribution in [0.15, 0.2) is 67.3 Å². The Morgan fingerprint density at radius 2 is 1.88 bits per heavy atom. The summed E-state index contributed by atoms with van der Waals surface area (Å²) in [4.78, 5) is 16.9. The first-order chi connectivity index (χ1) is 12.6. The molecule has 3 aromatic rings. The van der Waals surface area contributed by atoms with Crippen molar-refractivity contribution in [2.45, 2.75) is 24.8 Å². The lowest BCUT2D eigenvalue weighted by Gasteiger charge is -2.31. The third-order valence-corrected chi connectivity index (χ3v) is 4.81. The maximum absolute atomic E-state index is 12.9. The van der Waals surface area contributed by atoms with Crippen LogP contribution in [-0.4, -0.2) is 27.8 Å². The molecular weight excluding hydrogens is 350 g/mol. The molecule has 0 aliphatic carbocycles. The Hall–Kier alpha value is -2.66. The van der Waals surface area contributed by atoms with Crippen molar-refractivity contribution >= 4 is 17.6 Å². The minimum absolute atomic E-state index is 0.284. The summed E-state index contributed by atoms with van der Waals surface area (Å²) < 4.78 is 6.88. The van der Waals surface area contributed by atoms with Crippen molar-refractivity contribution < 1.29 is 9.53 Å². The van der Waals surface area contributed by atoms with Crippen LogP contribution in [0.1, 0.15) is 17.5 Å². The summed E-state index contributed by atoms with van der Waals surface area (Å²) in [5, 5.41) is 4.88. The molecule has 0 saturated heterocycles. The van der Waals surface area contributed by atoms with Gasteiger partial charge in [-0.1, -0.05) is 54.1 Å². The van der Waals surface area contributed by atoms with Gasteiger partial charge in [0.15, 0.2) is 0 Å². The predicted molar refractivity (Wildman–Crippen MR) is 99.9 cm³/mol. The van der Waals surface area contributed by atoms with Crippen LogP contribution in [0.3, 0.4) is 0 Å². The number of methoxy groups -OCH3 is 1. The van der Waals surface area contributed by atoms with E-state index in [9.17, 15) is 4.79 Å². The molecule has 0 spiro atoms. The van der Waals surface area contributed by atoms with Gasteiger partial charge in [-0.15, -0.1) is 0 Å². The zero-order valence-corrected chi connectivity index (χ0v) is 15.3. The molecule has 0 aliphatic heterocycles. The number of ether oxygens (including phenoxy) is 1. The van der Waals surface area contributed by atoms with Crippen molar-refractivity contribution in [3.8, 4) is 0 Å². The van der Waals surface area contributed by atoms with Crippen LogP contribution in [0.2, 0.25) is 5.02 Å². The SMILES string of the molecule is COC(=O)C(CCc1ccc(Cl)cc1)(Cn1cncn1)c1ccccc1. The molecule has 1 heterocycles. The first-order valence-electron chi connectivity index (χ1n) is 8.35. The molecule has 1 unspecified atom stereocenters. The van der Waals surface area contributed by atoms with Crippen molar-refractivity contribution in [2.75, 3.05) is 7.11 Å². The second kappa shape index (κ2) is 8.15. The van der Waals surface area contributed by atoms with Crippen molar-refractivity contribution in [3.63, 3.8) is 0 Å². The highest BCUT2D eigenvalue weighted by atomic mass is 35.5. The number of aromatic nitrogens is 3. The fourth-order valence-electron chi connectivity index (χ4n) is 3.15. The van der Waals surface area contributed by atoms with E-state index in [1.807, 2.05) is 54.6 Å². The standard InChI is InChI=1S/C20H20ClN3O2/c1-26-19(25)20(13-24-15-22-14-23-24,17-5-3-2-4-6-17)12-11-16-7-9-18(21)10-8-16/h2-10,14-15H,11-13H2,1H3. The number of nitrogens with zero attached hydrogens (tertiary/aromatic N) is 3. The molecule has 0 aliphatic rings. The Bertz CT molecular complexity index is 835. The van der Waals surface area contributed by atoms with Crippen LogP contribution in [0.25, 0.3) is 0 Å². The van der Waals surface area contributed by atoms with Crippen LogP contribution in [0.5, 0.6) is 0 Å². The summed E-state index contributed by atoms with van der Waals surface area (Å²) in [7, 11) is 1.42. The highest BCUT2D eigenvalue weighted by Gasteiger charge is 2.41. The van der Waals surface area contributed by atoms with E-state index < -0.39 is 5.41 Å². The molecule has 2 aromatic carbocycles. The van der Waals surface area contributed by atoms with Crippen LogP contribution in [-0.2, 0) is 27.9 Å². The third-order valence-electron chi connectivity index (χ3n) is 4.55. The third kappa shape index (κ3) is 3.94. The van der Waals surface area contributed by atoms with E-state index in [0.717, 1.165) is 11.1 Å². The first-order valence-corrected chi connectivity index (χ1v) is 8.73. The maximum Gasteiger partial charge on any atom is 0.318 e. The zero-order chi connectivity index (χ0) is 18.4. The van der Waals surface area contributed by atoms with Gasteiger partial charge in [-0.25, -0.2) is 4.98 Å². The van der Waals surface area contributed by atoms with Crippen molar-refractivity contribution in [1.82, 2.24) is 14.8 Å². The fourth-order valence-corrected chi connectivity index (χ4v) is 3.28. The number of carbonyl (C=O) groups is 1. The van der Waals surface area contributed by atoms with Crippen LogP contribution >= 0.6 is 11.6 Å². The van der Waals surface area contributed by atoms with Gasteiger partial charge in [0.1, 0.15) is 18.1 Å². The predicted octanol–water partition coefficient (Wildman–Crippen LogP) is 3.68. The molecule has 0 N–H and O–H groups in total. The minimum atomic E-state index is -0.858. The summed E-state index contributed by atoms with van der Waals surface area (Å²) in [6.07, 6.45) is 4.36. The van der Waals surface area contributed by atoms with Crippen LogP contribution in [0, 0.1) is 0 Å². The normalized spacial score (nSPS) is 13.2. The van der Waals surface area contributed by atoms with Gasteiger partial charge in [0.25, 0.3) is 0 Å². The molecule has 134 valence electrons. The lowest BCUT2D eigenvalue weighted by Crippen LogP contribution is -2.42. The molecule has 0 bridgehead atoms. The number of rotatable bonds is 7. The molecule has 1 atom stereocenters. The van der Waals surface area contributed by atoms with Crippen molar-refractivity contribution in [1.29, 1.82) is 0 Å². The summed E-state index contributed by atoms with van der Waals surface area (Å²) in [5.41, 5.74) is 1.15. The smallest absolute Gasteiger partial charge is 0.318 e. The van der Waals surface area contributed by atoms with E-state index in [-0.39, 0.29) is 5.97 Å². The molecule has 1 aromatic heterocycles.